The van der Waals surface area contributed by atoms with Crippen molar-refractivity contribution in [2.75, 3.05) is 6.54 Å². The Morgan fingerprint density at radius 1 is 1.00 bits per heavy atom. The summed E-state index contributed by atoms with van der Waals surface area (Å²) < 4.78 is 5.32. The summed E-state index contributed by atoms with van der Waals surface area (Å²) in [6, 6.07) is 15.6. The van der Waals surface area contributed by atoms with E-state index in [4.69, 9.17) is 4.74 Å². The number of aromatic nitrogens is 2. The van der Waals surface area contributed by atoms with Crippen LogP contribution in [0.4, 0.5) is 4.79 Å². The number of rotatable bonds is 11. The fourth-order valence-corrected chi connectivity index (χ4v) is 4.06. The van der Waals surface area contributed by atoms with E-state index in [1.807, 2.05) is 25.1 Å². The number of carbonyl (C=O) groups is 2. The molecule has 2 aromatic carbocycles. The molecule has 0 spiro atoms. The zero-order chi connectivity index (χ0) is 28.4. The second-order valence-electron chi connectivity index (χ2n) is 10.5. The number of hydrogen-bond acceptors (Lipinski definition) is 6. The normalized spacial score (nSPS) is 12.0. The van der Waals surface area contributed by atoms with Crippen molar-refractivity contribution in [2.24, 2.45) is 0 Å². The first kappa shape index (κ1) is 29.4. The number of phenolic OH excluding ortho intramolecular Hbond substituents is 1. The van der Waals surface area contributed by atoms with Gasteiger partial charge in [0.2, 0.25) is 5.91 Å². The SMILES string of the molecule is Cc1nc(CCCNC(=O)[C@H](Cc2ccc(O)cc2)NC(=O)OC(C)(C)C)c(=O)[nH]c1CCc1ccccc1. The van der Waals surface area contributed by atoms with E-state index in [9.17, 15) is 19.5 Å². The molecule has 3 rings (SSSR count). The van der Waals surface area contributed by atoms with Crippen LogP contribution in [0, 0.1) is 6.92 Å². The second kappa shape index (κ2) is 13.6. The first-order chi connectivity index (χ1) is 18.5. The van der Waals surface area contributed by atoms with Crippen LogP contribution < -0.4 is 16.2 Å². The number of amides is 2. The molecule has 0 aliphatic heterocycles. The quantitative estimate of drug-likeness (QED) is 0.277. The summed E-state index contributed by atoms with van der Waals surface area (Å²) in [5.74, 6) is -0.258. The summed E-state index contributed by atoms with van der Waals surface area (Å²) in [7, 11) is 0. The molecule has 1 heterocycles. The van der Waals surface area contributed by atoms with Crippen molar-refractivity contribution in [1.82, 2.24) is 20.6 Å². The Morgan fingerprint density at radius 3 is 2.36 bits per heavy atom. The van der Waals surface area contributed by atoms with E-state index in [0.717, 1.165) is 23.4 Å². The van der Waals surface area contributed by atoms with Gasteiger partial charge in [-0.05, 0) is 76.6 Å². The van der Waals surface area contributed by atoms with Crippen molar-refractivity contribution in [3.8, 4) is 5.75 Å². The van der Waals surface area contributed by atoms with Gasteiger partial charge in [-0.3, -0.25) is 14.6 Å². The van der Waals surface area contributed by atoms with Crippen molar-refractivity contribution in [3.05, 3.63) is 93.2 Å². The van der Waals surface area contributed by atoms with Gasteiger partial charge in [-0.25, -0.2) is 4.79 Å². The average Bonchev–Trinajstić information content (AvgIpc) is 2.87. The van der Waals surface area contributed by atoms with Gasteiger partial charge in [0.25, 0.3) is 5.56 Å². The van der Waals surface area contributed by atoms with Crippen LogP contribution in [-0.4, -0.2) is 45.3 Å². The molecule has 3 aromatic rings. The largest absolute Gasteiger partial charge is 0.508 e. The highest BCUT2D eigenvalue weighted by Gasteiger charge is 2.24. The minimum atomic E-state index is -0.878. The molecular weight excluding hydrogens is 496 g/mol. The molecule has 2 amide bonds. The van der Waals surface area contributed by atoms with E-state index >= 15 is 0 Å². The van der Waals surface area contributed by atoms with Crippen LogP contribution in [0.15, 0.2) is 59.4 Å². The van der Waals surface area contributed by atoms with Crippen LogP contribution in [0.3, 0.4) is 0 Å². The first-order valence-corrected chi connectivity index (χ1v) is 13.2. The molecule has 9 heteroatoms. The highest BCUT2D eigenvalue weighted by atomic mass is 16.6. The number of benzene rings is 2. The molecule has 9 nitrogen and oxygen atoms in total. The lowest BCUT2D eigenvalue weighted by Crippen LogP contribution is -2.49. The predicted octanol–water partition coefficient (Wildman–Crippen LogP) is 3.75. The summed E-state index contributed by atoms with van der Waals surface area (Å²) in [6.45, 7) is 7.42. The van der Waals surface area contributed by atoms with Crippen LogP contribution >= 0.6 is 0 Å². The van der Waals surface area contributed by atoms with Crippen molar-refractivity contribution in [3.63, 3.8) is 0 Å². The van der Waals surface area contributed by atoms with Crippen molar-refractivity contribution < 1.29 is 19.4 Å². The number of hydrogen-bond donors (Lipinski definition) is 4. The van der Waals surface area contributed by atoms with Crippen LogP contribution in [0.1, 0.15) is 55.4 Å². The molecule has 0 fully saturated rings. The maximum Gasteiger partial charge on any atom is 0.408 e. The summed E-state index contributed by atoms with van der Waals surface area (Å²) in [4.78, 5) is 45.4. The monoisotopic (exact) mass is 534 g/mol. The highest BCUT2D eigenvalue weighted by molar-refractivity contribution is 5.86. The molecule has 1 atom stereocenters. The number of nitrogens with one attached hydrogen (secondary N) is 3. The molecule has 0 radical (unpaired) electrons. The topological polar surface area (TPSA) is 133 Å². The fraction of sp³-hybridized carbons (Fsp3) is 0.400. The summed E-state index contributed by atoms with van der Waals surface area (Å²) in [5, 5.41) is 15.0. The zero-order valence-electron chi connectivity index (χ0n) is 23.0. The van der Waals surface area contributed by atoms with E-state index in [1.165, 1.54) is 17.7 Å². The van der Waals surface area contributed by atoms with E-state index in [2.05, 4.69) is 32.7 Å². The second-order valence-corrected chi connectivity index (χ2v) is 10.5. The molecule has 1 aromatic heterocycles. The molecule has 0 aliphatic carbocycles. The van der Waals surface area contributed by atoms with Gasteiger partial charge in [0, 0.05) is 18.7 Å². The molecule has 39 heavy (non-hydrogen) atoms. The Bertz CT molecular complexity index is 1300. The summed E-state index contributed by atoms with van der Waals surface area (Å²) in [6.07, 6.45) is 1.94. The number of H-pyrrole nitrogens is 1. The minimum Gasteiger partial charge on any atom is -0.508 e. The van der Waals surface area contributed by atoms with E-state index < -0.39 is 17.7 Å². The number of aryl methyl sites for hydroxylation is 4. The number of phenols is 1. The molecule has 0 saturated carbocycles. The third kappa shape index (κ3) is 9.92. The average molecular weight is 535 g/mol. The minimum absolute atomic E-state index is 0.114. The van der Waals surface area contributed by atoms with Crippen LogP contribution in [-0.2, 0) is 35.2 Å². The number of aromatic amines is 1. The Hall–Kier alpha value is -4.14. The maximum atomic E-state index is 13.0. The van der Waals surface area contributed by atoms with Crippen LogP contribution in [0.25, 0.3) is 0 Å². The van der Waals surface area contributed by atoms with E-state index in [-0.39, 0.29) is 23.6 Å². The van der Waals surface area contributed by atoms with E-state index in [1.54, 1.807) is 32.9 Å². The lowest BCUT2D eigenvalue weighted by Gasteiger charge is -2.23. The predicted molar refractivity (Wildman–Crippen MR) is 150 cm³/mol. The van der Waals surface area contributed by atoms with Crippen LogP contribution in [0.5, 0.6) is 5.75 Å². The third-order valence-electron chi connectivity index (χ3n) is 6.05. The fourth-order valence-electron chi connectivity index (χ4n) is 4.06. The standard InChI is InChI=1S/C30H38N4O5/c1-20-24(17-14-21-9-6-5-7-10-21)33-28(37)25(32-20)11-8-18-31-27(36)26(34-29(38)39-30(2,3)4)19-22-12-15-23(35)16-13-22/h5-7,9-10,12-13,15-16,26,35H,8,11,14,17-19H2,1-4H3,(H,31,36)(H,33,37)(H,34,38)/t26-/m0/s1. The number of ether oxygens (including phenoxy) is 1. The Morgan fingerprint density at radius 2 is 1.69 bits per heavy atom. The van der Waals surface area contributed by atoms with Gasteiger partial charge in [0.05, 0.1) is 5.69 Å². The van der Waals surface area contributed by atoms with Crippen molar-refractivity contribution in [2.45, 2.75) is 71.4 Å². The van der Waals surface area contributed by atoms with Gasteiger partial charge < -0.3 is 25.5 Å². The molecule has 0 unspecified atom stereocenters. The smallest absolute Gasteiger partial charge is 0.408 e. The molecular formula is C30H38N4O5. The van der Waals surface area contributed by atoms with Gasteiger partial charge in [0.15, 0.2) is 0 Å². The Balaban J connectivity index is 1.55. The molecule has 0 saturated heterocycles. The Labute approximate surface area is 229 Å². The number of alkyl carbamates (subject to hydrolysis) is 1. The molecule has 0 aliphatic rings. The van der Waals surface area contributed by atoms with E-state index in [0.29, 0.717) is 31.5 Å². The van der Waals surface area contributed by atoms with Gasteiger partial charge in [-0.15, -0.1) is 0 Å². The molecule has 4 N–H and O–H groups in total. The van der Waals surface area contributed by atoms with Gasteiger partial charge in [-0.2, -0.15) is 0 Å². The number of nitrogens with zero attached hydrogens (tertiary/aromatic N) is 1. The van der Waals surface area contributed by atoms with Crippen molar-refractivity contribution >= 4 is 12.0 Å². The lowest BCUT2D eigenvalue weighted by atomic mass is 10.0. The number of aromatic hydroxyl groups is 1. The zero-order valence-corrected chi connectivity index (χ0v) is 23.0. The van der Waals surface area contributed by atoms with Crippen LogP contribution in [0.2, 0.25) is 0 Å². The van der Waals surface area contributed by atoms with Gasteiger partial charge in [-0.1, -0.05) is 42.5 Å². The number of carbonyl (C=O) groups excluding carboxylic acids is 2. The summed E-state index contributed by atoms with van der Waals surface area (Å²) in [5.41, 5.74) is 3.08. The van der Waals surface area contributed by atoms with Crippen molar-refractivity contribution in [1.29, 1.82) is 0 Å². The van der Waals surface area contributed by atoms with Gasteiger partial charge in [0.1, 0.15) is 23.1 Å². The summed E-state index contributed by atoms with van der Waals surface area (Å²) >= 11 is 0. The highest BCUT2D eigenvalue weighted by Crippen LogP contribution is 2.13. The van der Waals surface area contributed by atoms with Gasteiger partial charge >= 0.3 is 6.09 Å². The molecule has 208 valence electrons. The Kier molecular flexibility index (Phi) is 10.3. The molecule has 0 bridgehead atoms. The third-order valence-corrected chi connectivity index (χ3v) is 6.05. The maximum absolute atomic E-state index is 13.0. The first-order valence-electron chi connectivity index (χ1n) is 13.2. The lowest BCUT2D eigenvalue weighted by molar-refractivity contribution is -0.123.